The summed E-state index contributed by atoms with van der Waals surface area (Å²) in [5.74, 6) is 0. The van der Waals surface area contributed by atoms with E-state index < -0.39 is 0 Å². The van der Waals surface area contributed by atoms with Gasteiger partial charge in [0.2, 0.25) is 0 Å². The van der Waals surface area contributed by atoms with Crippen molar-refractivity contribution in [3.63, 3.8) is 0 Å². The van der Waals surface area contributed by atoms with Crippen LogP contribution in [-0.4, -0.2) is 10.7 Å². The fraction of sp³-hybridized carbons (Fsp3) is 0. The maximum Gasteiger partial charge on any atom is 0.153 e. The quantitative estimate of drug-likeness (QED) is 0.434. The second-order valence-corrected chi connectivity index (χ2v) is 5.00. The lowest BCUT2D eigenvalue weighted by atomic mass is 10.0. The first-order chi connectivity index (χ1) is 10.8. The molecule has 0 bridgehead atoms. The van der Waals surface area contributed by atoms with Crippen molar-refractivity contribution < 1.29 is 0 Å². The highest BCUT2D eigenvalue weighted by atomic mass is 35.5. The van der Waals surface area contributed by atoms with Gasteiger partial charge in [0.05, 0.1) is 11.4 Å². The van der Waals surface area contributed by atoms with Gasteiger partial charge in [-0.05, 0) is 12.1 Å². The van der Waals surface area contributed by atoms with Crippen LogP contribution in [0.25, 0.3) is 0 Å². The molecule has 0 aliphatic rings. The molecule has 0 saturated heterocycles. The number of hydrogen-bond donors (Lipinski definition) is 1. The molecule has 0 radical (unpaired) electrons. The molecule has 0 aliphatic heterocycles. The minimum atomic E-state index is 0.395. The molecule has 1 N–H and O–H groups in total. The second-order valence-electron chi connectivity index (χ2n) is 4.65. The van der Waals surface area contributed by atoms with Gasteiger partial charge in [0.25, 0.3) is 0 Å². The minimum absolute atomic E-state index is 0.395. The molecule has 0 unspecified atom stereocenters. The van der Waals surface area contributed by atoms with E-state index in [1.807, 2.05) is 72.8 Å². The van der Waals surface area contributed by atoms with Gasteiger partial charge in [-0.2, -0.15) is 5.10 Å². The van der Waals surface area contributed by atoms with Crippen molar-refractivity contribution in [3.05, 3.63) is 95.3 Å². The molecule has 1 aromatic heterocycles. The van der Waals surface area contributed by atoms with E-state index in [2.05, 4.69) is 15.5 Å². The predicted molar refractivity (Wildman–Crippen MR) is 91.4 cm³/mol. The summed E-state index contributed by atoms with van der Waals surface area (Å²) in [6.07, 6.45) is 1.65. The van der Waals surface area contributed by atoms with Crippen LogP contribution >= 0.6 is 11.6 Å². The highest BCUT2D eigenvalue weighted by Gasteiger charge is 2.07. The van der Waals surface area contributed by atoms with Crippen LogP contribution in [0, 0.1) is 0 Å². The maximum atomic E-state index is 6.06. The lowest BCUT2D eigenvalue weighted by Crippen LogP contribution is -2.06. The van der Waals surface area contributed by atoms with Gasteiger partial charge in [0.15, 0.2) is 5.15 Å². The Kier molecular flexibility index (Phi) is 4.47. The van der Waals surface area contributed by atoms with Crippen LogP contribution in [0.4, 0.5) is 5.69 Å². The van der Waals surface area contributed by atoms with Gasteiger partial charge < -0.3 is 0 Å². The molecule has 22 heavy (non-hydrogen) atoms. The van der Waals surface area contributed by atoms with E-state index in [0.29, 0.717) is 10.8 Å². The van der Waals surface area contributed by atoms with Crippen molar-refractivity contribution in [1.29, 1.82) is 0 Å². The third kappa shape index (κ3) is 3.32. The Morgan fingerprint density at radius 2 is 1.41 bits per heavy atom. The molecule has 4 heteroatoms. The van der Waals surface area contributed by atoms with Crippen molar-refractivity contribution in [2.45, 2.75) is 0 Å². The summed E-state index contributed by atoms with van der Waals surface area (Å²) < 4.78 is 0. The van der Waals surface area contributed by atoms with Crippen molar-refractivity contribution in [1.82, 2.24) is 4.98 Å². The number of benzene rings is 2. The van der Waals surface area contributed by atoms with Gasteiger partial charge in [-0.25, -0.2) is 4.98 Å². The number of hydrazone groups is 1. The Morgan fingerprint density at radius 1 is 0.818 bits per heavy atom. The zero-order chi connectivity index (χ0) is 15.2. The zero-order valence-electron chi connectivity index (χ0n) is 11.8. The minimum Gasteiger partial charge on any atom is -0.275 e. The summed E-state index contributed by atoms with van der Waals surface area (Å²) in [5.41, 5.74) is 6.58. The molecule has 3 rings (SSSR count). The van der Waals surface area contributed by atoms with Crippen molar-refractivity contribution in [2.75, 3.05) is 5.43 Å². The zero-order valence-corrected chi connectivity index (χ0v) is 12.5. The molecular weight excluding hydrogens is 294 g/mol. The van der Waals surface area contributed by atoms with E-state index in [0.717, 1.165) is 16.8 Å². The molecule has 0 amide bonds. The first kappa shape index (κ1) is 14.3. The normalized spacial score (nSPS) is 10.0. The van der Waals surface area contributed by atoms with Crippen LogP contribution < -0.4 is 5.43 Å². The largest absolute Gasteiger partial charge is 0.275 e. The number of anilines is 1. The number of nitrogens with one attached hydrogen (secondary N) is 1. The Bertz CT molecular complexity index is 729. The van der Waals surface area contributed by atoms with Gasteiger partial charge in [-0.3, -0.25) is 5.43 Å². The van der Waals surface area contributed by atoms with Gasteiger partial charge in [-0.1, -0.05) is 72.3 Å². The Morgan fingerprint density at radius 3 is 1.95 bits per heavy atom. The average molecular weight is 308 g/mol. The number of pyridine rings is 1. The first-order valence-corrected chi connectivity index (χ1v) is 7.27. The van der Waals surface area contributed by atoms with Crippen molar-refractivity contribution in [2.24, 2.45) is 5.10 Å². The van der Waals surface area contributed by atoms with Gasteiger partial charge in [0.1, 0.15) is 0 Å². The van der Waals surface area contributed by atoms with Crippen LogP contribution in [0.15, 0.2) is 84.1 Å². The summed E-state index contributed by atoms with van der Waals surface area (Å²) in [6, 6.07) is 23.7. The van der Waals surface area contributed by atoms with E-state index in [1.165, 1.54) is 0 Å². The lowest BCUT2D eigenvalue weighted by molar-refractivity contribution is 1.26. The van der Waals surface area contributed by atoms with E-state index >= 15 is 0 Å². The van der Waals surface area contributed by atoms with Gasteiger partial charge >= 0.3 is 0 Å². The summed E-state index contributed by atoms with van der Waals surface area (Å²) in [5, 5.41) is 4.93. The maximum absolute atomic E-state index is 6.06. The van der Waals surface area contributed by atoms with Crippen LogP contribution in [0.3, 0.4) is 0 Å². The molecule has 1 heterocycles. The number of halogens is 1. The Balaban J connectivity index is 1.99. The monoisotopic (exact) mass is 307 g/mol. The second kappa shape index (κ2) is 6.87. The standard InChI is InChI=1S/C18H14ClN3/c19-18-16(12-7-13-20-18)21-22-17(14-8-3-1-4-9-14)15-10-5-2-6-11-15/h1-13,21H. The van der Waals surface area contributed by atoms with E-state index in [4.69, 9.17) is 11.6 Å². The number of aromatic nitrogens is 1. The average Bonchev–Trinajstić information content (AvgIpc) is 2.59. The van der Waals surface area contributed by atoms with Crippen LogP contribution in [0.1, 0.15) is 11.1 Å². The molecule has 0 saturated carbocycles. The van der Waals surface area contributed by atoms with Gasteiger partial charge in [0, 0.05) is 17.3 Å². The van der Waals surface area contributed by atoms with Crippen molar-refractivity contribution >= 4 is 23.0 Å². The molecule has 0 fully saturated rings. The molecule has 3 aromatic rings. The molecule has 0 aliphatic carbocycles. The summed E-state index contributed by atoms with van der Waals surface area (Å²) in [7, 11) is 0. The van der Waals surface area contributed by atoms with E-state index in [-0.39, 0.29) is 0 Å². The summed E-state index contributed by atoms with van der Waals surface area (Å²) >= 11 is 6.06. The summed E-state index contributed by atoms with van der Waals surface area (Å²) in [4.78, 5) is 4.04. The molecule has 108 valence electrons. The third-order valence-corrected chi connectivity index (χ3v) is 3.44. The Labute approximate surface area is 134 Å². The smallest absolute Gasteiger partial charge is 0.153 e. The van der Waals surface area contributed by atoms with Crippen LogP contribution in [0.2, 0.25) is 5.15 Å². The molecule has 0 atom stereocenters. The number of hydrogen-bond acceptors (Lipinski definition) is 3. The van der Waals surface area contributed by atoms with Gasteiger partial charge in [-0.15, -0.1) is 0 Å². The third-order valence-electron chi connectivity index (χ3n) is 3.14. The summed E-state index contributed by atoms with van der Waals surface area (Å²) in [6.45, 7) is 0. The van der Waals surface area contributed by atoms with Crippen molar-refractivity contribution in [3.8, 4) is 0 Å². The molecular formula is C18H14ClN3. The molecule has 2 aromatic carbocycles. The fourth-order valence-electron chi connectivity index (χ4n) is 2.07. The van der Waals surface area contributed by atoms with Crippen LogP contribution in [0.5, 0.6) is 0 Å². The van der Waals surface area contributed by atoms with Crippen LogP contribution in [-0.2, 0) is 0 Å². The topological polar surface area (TPSA) is 37.3 Å². The Hall–Kier alpha value is -2.65. The van der Waals surface area contributed by atoms with E-state index in [1.54, 1.807) is 6.20 Å². The SMILES string of the molecule is Clc1ncccc1NN=C(c1ccccc1)c1ccccc1. The molecule has 0 spiro atoms. The highest BCUT2D eigenvalue weighted by molar-refractivity contribution is 6.32. The lowest BCUT2D eigenvalue weighted by Gasteiger charge is -2.09. The first-order valence-electron chi connectivity index (χ1n) is 6.89. The number of nitrogens with zero attached hydrogens (tertiary/aromatic N) is 2. The highest BCUT2D eigenvalue weighted by Crippen LogP contribution is 2.18. The van der Waals surface area contributed by atoms with E-state index in [9.17, 15) is 0 Å². The number of rotatable bonds is 4. The fourth-order valence-corrected chi connectivity index (χ4v) is 2.23. The molecule has 3 nitrogen and oxygen atoms in total. The predicted octanol–water partition coefficient (Wildman–Crippen LogP) is 4.60.